The van der Waals surface area contributed by atoms with Crippen LogP contribution < -0.4 is 10.1 Å². The number of methoxy groups -OCH3 is 1. The second-order valence-corrected chi connectivity index (χ2v) is 6.63. The minimum atomic E-state index is -0.204. The van der Waals surface area contributed by atoms with Crippen LogP contribution in [0.15, 0.2) is 48.5 Å². The van der Waals surface area contributed by atoms with E-state index in [0.717, 1.165) is 16.9 Å². The molecule has 0 aliphatic heterocycles. The number of carbonyl (C=O) groups is 1. The van der Waals surface area contributed by atoms with Crippen molar-refractivity contribution in [3.05, 3.63) is 59.7 Å². The number of amides is 1. The van der Waals surface area contributed by atoms with E-state index in [0.29, 0.717) is 21.5 Å². The van der Waals surface area contributed by atoms with Gasteiger partial charge in [0.25, 0.3) is 5.91 Å². The van der Waals surface area contributed by atoms with Crippen LogP contribution in [0, 0.1) is 6.92 Å². The zero-order valence-corrected chi connectivity index (χ0v) is 14.9. The van der Waals surface area contributed by atoms with Gasteiger partial charge < -0.3 is 4.74 Å². The van der Waals surface area contributed by atoms with Crippen LogP contribution in [-0.2, 0) is 0 Å². The number of hydrogen-bond donors (Lipinski definition) is 1. The van der Waals surface area contributed by atoms with Crippen molar-refractivity contribution in [3.8, 4) is 17.1 Å². The van der Waals surface area contributed by atoms with Crippen molar-refractivity contribution in [1.82, 2.24) is 19.8 Å². The Morgan fingerprint density at radius 2 is 1.96 bits per heavy atom. The second kappa shape index (κ2) is 6.57. The summed E-state index contributed by atoms with van der Waals surface area (Å²) < 4.78 is 6.79. The Hall–Kier alpha value is -3.26. The minimum absolute atomic E-state index is 0.204. The number of fused-ring (bicyclic) bond motifs is 1. The molecule has 130 valence electrons. The molecular formula is C18H15N5O2S. The van der Waals surface area contributed by atoms with Crippen molar-refractivity contribution in [3.63, 3.8) is 0 Å². The van der Waals surface area contributed by atoms with Gasteiger partial charge in [0.15, 0.2) is 5.82 Å². The molecule has 0 aliphatic rings. The van der Waals surface area contributed by atoms with E-state index in [4.69, 9.17) is 4.74 Å². The average Bonchev–Trinajstić information content (AvgIpc) is 3.22. The summed E-state index contributed by atoms with van der Waals surface area (Å²) in [6.07, 6.45) is 0. The van der Waals surface area contributed by atoms with Gasteiger partial charge in [-0.2, -0.15) is 4.52 Å². The fourth-order valence-corrected chi connectivity index (χ4v) is 3.28. The van der Waals surface area contributed by atoms with Crippen LogP contribution in [0.1, 0.15) is 15.9 Å². The van der Waals surface area contributed by atoms with Crippen molar-refractivity contribution < 1.29 is 9.53 Å². The number of anilines is 1. The first-order valence-corrected chi connectivity index (χ1v) is 8.70. The summed E-state index contributed by atoms with van der Waals surface area (Å²) in [5, 5.41) is 16.0. The SMILES string of the molecule is COc1ccc(-c2nnc3sc(NC(=O)c4cccc(C)c4)nn23)cc1. The molecule has 2 heterocycles. The van der Waals surface area contributed by atoms with E-state index >= 15 is 0 Å². The molecule has 0 fully saturated rings. The number of aryl methyl sites for hydroxylation is 1. The van der Waals surface area contributed by atoms with Gasteiger partial charge in [0, 0.05) is 11.1 Å². The van der Waals surface area contributed by atoms with Crippen LogP contribution in [-0.4, -0.2) is 32.8 Å². The van der Waals surface area contributed by atoms with E-state index in [1.165, 1.54) is 11.3 Å². The van der Waals surface area contributed by atoms with Crippen LogP contribution in [0.2, 0.25) is 0 Å². The summed E-state index contributed by atoms with van der Waals surface area (Å²) in [5.41, 5.74) is 2.48. The molecule has 4 rings (SSSR count). The maximum Gasteiger partial charge on any atom is 0.257 e. The Morgan fingerprint density at radius 1 is 1.15 bits per heavy atom. The van der Waals surface area contributed by atoms with Crippen molar-refractivity contribution in [1.29, 1.82) is 0 Å². The highest BCUT2D eigenvalue weighted by molar-refractivity contribution is 7.20. The van der Waals surface area contributed by atoms with Gasteiger partial charge in [0.05, 0.1) is 7.11 Å². The molecule has 0 radical (unpaired) electrons. The maximum atomic E-state index is 12.4. The molecule has 2 aromatic heterocycles. The summed E-state index contributed by atoms with van der Waals surface area (Å²) >= 11 is 1.27. The summed E-state index contributed by atoms with van der Waals surface area (Å²) in [6, 6.07) is 14.9. The van der Waals surface area contributed by atoms with E-state index in [1.807, 2.05) is 49.4 Å². The molecule has 1 N–H and O–H groups in total. The van der Waals surface area contributed by atoms with Crippen molar-refractivity contribution in [2.75, 3.05) is 12.4 Å². The van der Waals surface area contributed by atoms with E-state index in [1.54, 1.807) is 17.7 Å². The van der Waals surface area contributed by atoms with Gasteiger partial charge in [-0.05, 0) is 43.3 Å². The number of aromatic nitrogens is 4. The largest absolute Gasteiger partial charge is 0.497 e. The molecule has 26 heavy (non-hydrogen) atoms. The monoisotopic (exact) mass is 365 g/mol. The van der Waals surface area contributed by atoms with E-state index in [2.05, 4.69) is 20.6 Å². The smallest absolute Gasteiger partial charge is 0.257 e. The molecule has 0 saturated heterocycles. The molecule has 0 bridgehead atoms. The average molecular weight is 365 g/mol. The van der Waals surface area contributed by atoms with Crippen LogP contribution in [0.4, 0.5) is 5.13 Å². The zero-order valence-electron chi connectivity index (χ0n) is 14.1. The minimum Gasteiger partial charge on any atom is -0.497 e. The highest BCUT2D eigenvalue weighted by atomic mass is 32.1. The predicted octanol–water partition coefficient (Wildman–Crippen LogP) is 3.42. The molecule has 0 aliphatic carbocycles. The van der Waals surface area contributed by atoms with E-state index in [-0.39, 0.29) is 5.91 Å². The van der Waals surface area contributed by atoms with Crippen LogP contribution in [0.3, 0.4) is 0 Å². The molecule has 4 aromatic rings. The number of nitrogens with one attached hydrogen (secondary N) is 1. The Morgan fingerprint density at radius 3 is 2.69 bits per heavy atom. The quantitative estimate of drug-likeness (QED) is 0.599. The highest BCUT2D eigenvalue weighted by Crippen LogP contribution is 2.25. The van der Waals surface area contributed by atoms with Gasteiger partial charge in [0.1, 0.15) is 5.75 Å². The van der Waals surface area contributed by atoms with Gasteiger partial charge in [-0.15, -0.1) is 15.3 Å². The first-order chi connectivity index (χ1) is 12.6. The molecule has 2 aromatic carbocycles. The number of nitrogens with zero attached hydrogens (tertiary/aromatic N) is 4. The van der Waals surface area contributed by atoms with E-state index < -0.39 is 0 Å². The van der Waals surface area contributed by atoms with E-state index in [9.17, 15) is 4.79 Å². The molecule has 0 saturated carbocycles. The third-order valence-corrected chi connectivity index (χ3v) is 4.65. The number of carbonyl (C=O) groups excluding carboxylic acids is 1. The molecular weight excluding hydrogens is 350 g/mol. The first kappa shape index (κ1) is 16.2. The topological polar surface area (TPSA) is 81.4 Å². The summed E-state index contributed by atoms with van der Waals surface area (Å²) in [5.74, 6) is 1.17. The van der Waals surface area contributed by atoms with Crippen LogP contribution in [0.25, 0.3) is 16.3 Å². The fraction of sp³-hybridized carbons (Fsp3) is 0.111. The highest BCUT2D eigenvalue weighted by Gasteiger charge is 2.15. The van der Waals surface area contributed by atoms with Crippen molar-refractivity contribution in [2.24, 2.45) is 0 Å². The lowest BCUT2D eigenvalue weighted by atomic mass is 10.1. The normalized spacial score (nSPS) is 10.8. The zero-order chi connectivity index (χ0) is 18.1. The molecule has 8 heteroatoms. The number of ether oxygens (including phenoxy) is 1. The summed E-state index contributed by atoms with van der Waals surface area (Å²) in [7, 11) is 1.62. The van der Waals surface area contributed by atoms with Crippen molar-refractivity contribution >= 4 is 27.3 Å². The molecule has 0 atom stereocenters. The van der Waals surface area contributed by atoms with Crippen LogP contribution in [0.5, 0.6) is 5.75 Å². The molecule has 1 amide bonds. The first-order valence-electron chi connectivity index (χ1n) is 7.89. The lowest BCUT2D eigenvalue weighted by Crippen LogP contribution is -2.12. The third-order valence-electron chi connectivity index (χ3n) is 3.84. The Labute approximate surface area is 153 Å². The number of hydrogen-bond acceptors (Lipinski definition) is 6. The summed E-state index contributed by atoms with van der Waals surface area (Å²) in [6.45, 7) is 1.95. The second-order valence-electron chi connectivity index (χ2n) is 5.68. The Balaban J connectivity index is 1.62. The number of benzene rings is 2. The van der Waals surface area contributed by atoms with Gasteiger partial charge in [0.2, 0.25) is 10.1 Å². The standard InChI is InChI=1S/C18H15N5O2S/c1-11-4-3-5-13(10-11)16(24)19-17-22-23-15(20-21-18(23)26-17)12-6-8-14(25-2)9-7-12/h3-10H,1-2H3,(H,19,22,24). The van der Waals surface area contributed by atoms with Gasteiger partial charge >= 0.3 is 0 Å². The predicted molar refractivity (Wildman–Crippen MR) is 99.8 cm³/mol. The van der Waals surface area contributed by atoms with Crippen LogP contribution >= 0.6 is 11.3 Å². The maximum absolute atomic E-state index is 12.4. The third kappa shape index (κ3) is 3.02. The lowest BCUT2D eigenvalue weighted by Gasteiger charge is -2.02. The summed E-state index contributed by atoms with van der Waals surface area (Å²) in [4.78, 5) is 13.0. The fourth-order valence-electron chi connectivity index (χ4n) is 2.54. The Kier molecular flexibility index (Phi) is 4.10. The molecule has 7 nitrogen and oxygen atoms in total. The van der Waals surface area contributed by atoms with Crippen molar-refractivity contribution in [2.45, 2.75) is 6.92 Å². The van der Waals surface area contributed by atoms with Gasteiger partial charge in [-0.1, -0.05) is 29.0 Å². The Bertz CT molecular complexity index is 1080. The molecule has 0 spiro atoms. The van der Waals surface area contributed by atoms with Gasteiger partial charge in [-0.3, -0.25) is 10.1 Å². The lowest BCUT2D eigenvalue weighted by molar-refractivity contribution is 0.102. The molecule has 0 unspecified atom stereocenters. The van der Waals surface area contributed by atoms with Gasteiger partial charge in [-0.25, -0.2) is 0 Å². The number of rotatable bonds is 4.